The van der Waals surface area contributed by atoms with Gasteiger partial charge in [-0.25, -0.2) is 29.1 Å². The molecule has 1 aromatic carbocycles. The third-order valence-corrected chi connectivity index (χ3v) is 7.00. The number of hydrogen-bond donors (Lipinski definition) is 1. The first kappa shape index (κ1) is 25.7. The molecule has 1 atom stereocenters. The number of rotatable bonds is 7. The summed E-state index contributed by atoms with van der Waals surface area (Å²) in [7, 11) is 0. The smallest absolute Gasteiger partial charge is 0.407 e. The quantitative estimate of drug-likeness (QED) is 0.465. The Morgan fingerprint density at radius 1 is 1.08 bits per heavy atom. The number of anilines is 1. The predicted octanol–water partition coefficient (Wildman–Crippen LogP) is 3.40. The van der Waals surface area contributed by atoms with Crippen molar-refractivity contribution in [1.29, 1.82) is 0 Å². The zero-order valence-electron chi connectivity index (χ0n) is 21.1. The van der Waals surface area contributed by atoms with Gasteiger partial charge in [-0.3, -0.25) is 4.90 Å². The highest BCUT2D eigenvalue weighted by Crippen LogP contribution is 2.36. The molecule has 2 aliphatic heterocycles. The number of fused-ring (bicyclic) bond motifs is 1. The number of amides is 1. The first-order chi connectivity index (χ1) is 18.4. The summed E-state index contributed by atoms with van der Waals surface area (Å²) in [5, 5.41) is 9.06. The highest BCUT2D eigenvalue weighted by atomic mass is 19.2. The molecule has 1 amide bonds. The van der Waals surface area contributed by atoms with Crippen molar-refractivity contribution in [2.75, 3.05) is 50.8 Å². The van der Waals surface area contributed by atoms with Crippen LogP contribution in [0, 0.1) is 11.6 Å². The maximum Gasteiger partial charge on any atom is 0.407 e. The van der Waals surface area contributed by atoms with Crippen LogP contribution in [0.25, 0.3) is 11.6 Å². The molecule has 1 saturated heterocycles. The summed E-state index contributed by atoms with van der Waals surface area (Å²) in [5.74, 6) is -1.19. The molecule has 200 valence electrons. The Labute approximate surface area is 218 Å². The molecule has 2 aliphatic rings. The number of halogens is 2. The van der Waals surface area contributed by atoms with Crippen molar-refractivity contribution in [2.24, 2.45) is 0 Å². The summed E-state index contributed by atoms with van der Waals surface area (Å²) < 4.78 is 34.8. The van der Waals surface area contributed by atoms with Gasteiger partial charge in [0.2, 0.25) is 5.82 Å². The SMILES string of the molecule is CC1c2cnc(-c3ncccn3)nc2CCN1c1cc(F)c(F)c(OCCCN2CCN(C(=O)O)CC2)c1. The van der Waals surface area contributed by atoms with E-state index in [9.17, 15) is 13.6 Å². The van der Waals surface area contributed by atoms with E-state index in [0.717, 1.165) is 11.3 Å². The number of hydrogen-bond acceptors (Lipinski definition) is 8. The molecule has 5 rings (SSSR count). The third-order valence-electron chi connectivity index (χ3n) is 7.00. The van der Waals surface area contributed by atoms with Gasteiger partial charge in [-0.1, -0.05) is 0 Å². The minimum atomic E-state index is -1.01. The van der Waals surface area contributed by atoms with Crippen molar-refractivity contribution in [1.82, 2.24) is 29.7 Å². The molecule has 1 N–H and O–H groups in total. The number of nitrogens with zero attached hydrogens (tertiary/aromatic N) is 7. The summed E-state index contributed by atoms with van der Waals surface area (Å²) in [6.45, 7) is 5.65. The van der Waals surface area contributed by atoms with E-state index in [1.54, 1.807) is 30.7 Å². The second-order valence-electron chi connectivity index (χ2n) is 9.34. The third kappa shape index (κ3) is 5.49. The standard InChI is InChI=1S/C26H29F2N7O3/c1-17-19-16-31-25(24-29-5-2-6-30-24)32-21(19)4-8-35(17)18-14-20(27)23(28)22(15-18)38-13-3-7-33-9-11-34(12-10-33)26(36)37/h2,5-6,14-17H,3-4,7-13H2,1H3,(H,36,37). The van der Waals surface area contributed by atoms with Gasteiger partial charge >= 0.3 is 6.09 Å². The molecular formula is C26H29F2N7O3. The minimum Gasteiger partial charge on any atom is -0.490 e. The van der Waals surface area contributed by atoms with Gasteiger partial charge in [-0.15, -0.1) is 0 Å². The topological polar surface area (TPSA) is 108 Å². The van der Waals surface area contributed by atoms with Gasteiger partial charge in [0.1, 0.15) is 0 Å². The summed E-state index contributed by atoms with van der Waals surface area (Å²) in [6, 6.07) is 4.30. The van der Waals surface area contributed by atoms with Crippen molar-refractivity contribution in [3.05, 3.63) is 59.7 Å². The van der Waals surface area contributed by atoms with Crippen LogP contribution in [0.2, 0.25) is 0 Å². The Morgan fingerprint density at radius 3 is 2.58 bits per heavy atom. The molecule has 0 radical (unpaired) electrons. The van der Waals surface area contributed by atoms with Crippen LogP contribution >= 0.6 is 0 Å². The van der Waals surface area contributed by atoms with E-state index in [-0.39, 0.29) is 18.4 Å². The maximum atomic E-state index is 14.6. The molecule has 12 heteroatoms. The van der Waals surface area contributed by atoms with E-state index in [4.69, 9.17) is 9.84 Å². The van der Waals surface area contributed by atoms with Crippen LogP contribution < -0.4 is 9.64 Å². The van der Waals surface area contributed by atoms with E-state index in [1.165, 1.54) is 11.0 Å². The van der Waals surface area contributed by atoms with Crippen LogP contribution in [0.15, 0.2) is 36.8 Å². The van der Waals surface area contributed by atoms with Gasteiger partial charge in [0, 0.05) is 87.7 Å². The Hall–Kier alpha value is -3.93. The molecule has 2 aromatic heterocycles. The molecular weight excluding hydrogens is 496 g/mol. The lowest BCUT2D eigenvalue weighted by Crippen LogP contribution is -2.48. The second-order valence-corrected chi connectivity index (χ2v) is 9.34. The van der Waals surface area contributed by atoms with Gasteiger partial charge in [-0.05, 0) is 19.4 Å². The number of carboxylic acid groups (broad SMARTS) is 1. The summed E-state index contributed by atoms with van der Waals surface area (Å²) in [6.07, 6.45) is 5.33. The van der Waals surface area contributed by atoms with E-state index >= 15 is 0 Å². The normalized spacial score (nSPS) is 17.8. The largest absolute Gasteiger partial charge is 0.490 e. The second kappa shape index (κ2) is 11.2. The number of aromatic nitrogens is 4. The Balaban J connectivity index is 1.23. The molecule has 10 nitrogen and oxygen atoms in total. The van der Waals surface area contributed by atoms with Crippen LogP contribution in [0.3, 0.4) is 0 Å². The fourth-order valence-corrected chi connectivity index (χ4v) is 4.89. The molecule has 0 spiro atoms. The molecule has 1 unspecified atom stereocenters. The van der Waals surface area contributed by atoms with Crippen molar-refractivity contribution < 1.29 is 23.4 Å². The van der Waals surface area contributed by atoms with Crippen molar-refractivity contribution >= 4 is 11.8 Å². The first-order valence-electron chi connectivity index (χ1n) is 12.6. The van der Waals surface area contributed by atoms with Crippen LogP contribution in [0.1, 0.15) is 30.6 Å². The highest BCUT2D eigenvalue weighted by Gasteiger charge is 2.28. The van der Waals surface area contributed by atoms with Gasteiger partial charge in [-0.2, -0.15) is 4.39 Å². The van der Waals surface area contributed by atoms with Crippen molar-refractivity contribution in [2.45, 2.75) is 25.8 Å². The molecule has 4 heterocycles. The lowest BCUT2D eigenvalue weighted by molar-refractivity contribution is 0.103. The summed E-state index contributed by atoms with van der Waals surface area (Å²) >= 11 is 0. The van der Waals surface area contributed by atoms with E-state index in [1.807, 2.05) is 11.8 Å². The molecule has 0 aliphatic carbocycles. The predicted molar refractivity (Wildman–Crippen MR) is 135 cm³/mol. The number of carbonyl (C=O) groups is 1. The Bertz CT molecular complexity index is 1290. The molecule has 38 heavy (non-hydrogen) atoms. The number of benzene rings is 1. The van der Waals surface area contributed by atoms with Crippen LogP contribution in [0.5, 0.6) is 5.75 Å². The average Bonchev–Trinajstić information content (AvgIpc) is 2.94. The number of ether oxygens (including phenoxy) is 1. The van der Waals surface area contributed by atoms with Crippen LogP contribution in [0.4, 0.5) is 19.3 Å². The fraction of sp³-hybridized carbons (Fsp3) is 0.423. The van der Waals surface area contributed by atoms with Crippen LogP contribution in [-0.2, 0) is 6.42 Å². The maximum absolute atomic E-state index is 14.6. The van der Waals surface area contributed by atoms with E-state index in [2.05, 4.69) is 24.8 Å². The molecule has 0 bridgehead atoms. The Morgan fingerprint density at radius 2 is 1.84 bits per heavy atom. The van der Waals surface area contributed by atoms with Gasteiger partial charge in [0.05, 0.1) is 18.3 Å². The van der Waals surface area contributed by atoms with E-state index in [0.29, 0.717) is 69.4 Å². The van der Waals surface area contributed by atoms with Crippen molar-refractivity contribution in [3.8, 4) is 17.4 Å². The van der Waals surface area contributed by atoms with Crippen LogP contribution in [-0.4, -0.2) is 86.8 Å². The lowest BCUT2D eigenvalue weighted by atomic mass is 9.98. The Kier molecular flexibility index (Phi) is 7.59. The van der Waals surface area contributed by atoms with E-state index < -0.39 is 17.7 Å². The highest BCUT2D eigenvalue weighted by molar-refractivity contribution is 5.65. The zero-order valence-corrected chi connectivity index (χ0v) is 21.1. The monoisotopic (exact) mass is 525 g/mol. The summed E-state index contributed by atoms with van der Waals surface area (Å²) in [4.78, 5) is 34.1. The number of piperazine rings is 1. The minimum absolute atomic E-state index is 0.124. The molecule has 1 fully saturated rings. The molecule has 0 saturated carbocycles. The van der Waals surface area contributed by atoms with Gasteiger partial charge in [0.15, 0.2) is 23.2 Å². The zero-order chi connectivity index (χ0) is 26.6. The van der Waals surface area contributed by atoms with Crippen molar-refractivity contribution in [3.63, 3.8) is 0 Å². The molecule has 3 aromatic rings. The van der Waals surface area contributed by atoms with Gasteiger partial charge < -0.3 is 19.6 Å². The average molecular weight is 526 g/mol. The van der Waals surface area contributed by atoms with Gasteiger partial charge in [0.25, 0.3) is 0 Å². The fourth-order valence-electron chi connectivity index (χ4n) is 4.89. The first-order valence-corrected chi connectivity index (χ1v) is 12.6. The lowest BCUT2D eigenvalue weighted by Gasteiger charge is -2.36. The summed E-state index contributed by atoms with van der Waals surface area (Å²) in [5.41, 5.74) is 2.32.